The average Bonchev–Trinajstić information content (AvgIpc) is 2.45. The molecule has 0 saturated heterocycles. The molecule has 1 aromatic carbocycles. The first kappa shape index (κ1) is 9.53. The van der Waals surface area contributed by atoms with E-state index in [0.717, 1.165) is 0 Å². The van der Waals surface area contributed by atoms with Crippen LogP contribution in [0, 0.1) is 0 Å². The zero-order valence-corrected chi connectivity index (χ0v) is 12.0. The molecule has 0 aliphatic rings. The third-order valence-corrected chi connectivity index (χ3v) is 12.8. The molecule has 0 fully saturated rings. The molecule has 1 aromatic heterocycles. The molecule has 0 N–H and O–H groups in total. The van der Waals surface area contributed by atoms with E-state index in [9.17, 15) is 0 Å². The van der Waals surface area contributed by atoms with Crippen LogP contribution in [0.15, 0.2) is 29.6 Å². The summed E-state index contributed by atoms with van der Waals surface area (Å²) in [4.78, 5) is 7.44. The number of fused-ring (bicyclic) bond motifs is 1. The summed E-state index contributed by atoms with van der Waals surface area (Å²) < 4.78 is 1.70. The Morgan fingerprint density at radius 1 is 1.08 bits per heavy atom. The van der Waals surface area contributed by atoms with Crippen LogP contribution in [0.1, 0.15) is 0 Å². The Kier molecular flexibility index (Phi) is 2.41. The number of thiophene rings is 1. The minimum absolute atomic E-state index is 1.43. The van der Waals surface area contributed by atoms with Crippen molar-refractivity contribution in [2.24, 2.45) is 0 Å². The second-order valence-corrected chi connectivity index (χ2v) is 20.6. The van der Waals surface area contributed by atoms with Crippen molar-refractivity contribution in [1.29, 1.82) is 0 Å². The maximum atomic E-state index is 2.48. The van der Waals surface area contributed by atoms with Gasteiger partial charge in [-0.1, -0.05) is 0 Å². The molecule has 0 atom stereocenters. The van der Waals surface area contributed by atoms with Crippen LogP contribution < -0.4 is 2.89 Å². The van der Waals surface area contributed by atoms with Crippen molar-refractivity contribution < 1.29 is 0 Å². The van der Waals surface area contributed by atoms with Gasteiger partial charge >= 0.3 is 87.8 Å². The zero-order chi connectivity index (χ0) is 9.47. The maximum absolute atomic E-state index is 2.48. The van der Waals surface area contributed by atoms with Crippen LogP contribution in [0.4, 0.5) is 0 Å². The molecule has 0 amide bonds. The zero-order valence-electron chi connectivity index (χ0n) is 8.29. The van der Waals surface area contributed by atoms with Gasteiger partial charge in [-0.3, -0.25) is 0 Å². The fourth-order valence-corrected chi connectivity index (χ4v) is 9.18. The normalized spacial score (nSPS) is 12.2. The fraction of sp³-hybridized carbons (Fsp3) is 0.273. The van der Waals surface area contributed by atoms with Crippen LogP contribution in [-0.4, -0.2) is 18.4 Å². The Labute approximate surface area is 87.5 Å². The van der Waals surface area contributed by atoms with Crippen LogP contribution in [0.25, 0.3) is 10.8 Å². The molecular formula is C11H14SSn. The van der Waals surface area contributed by atoms with Crippen LogP contribution in [0.5, 0.6) is 0 Å². The molecule has 0 radical (unpaired) electrons. The summed E-state index contributed by atoms with van der Waals surface area (Å²) >= 11 is 0.120. The van der Waals surface area contributed by atoms with Gasteiger partial charge in [-0.05, 0) is 0 Å². The van der Waals surface area contributed by atoms with E-state index >= 15 is 0 Å². The van der Waals surface area contributed by atoms with E-state index in [1.54, 1.807) is 2.89 Å². The van der Waals surface area contributed by atoms with Crippen LogP contribution in [0.2, 0.25) is 14.8 Å². The van der Waals surface area contributed by atoms with Crippen molar-refractivity contribution in [3.8, 4) is 0 Å². The van der Waals surface area contributed by atoms with Crippen molar-refractivity contribution in [2.75, 3.05) is 0 Å². The topological polar surface area (TPSA) is 0 Å². The van der Waals surface area contributed by atoms with Gasteiger partial charge in [-0.25, -0.2) is 0 Å². The van der Waals surface area contributed by atoms with Gasteiger partial charge in [-0.2, -0.15) is 0 Å². The summed E-state index contributed by atoms with van der Waals surface area (Å²) in [5.41, 5.74) is 0. The quantitative estimate of drug-likeness (QED) is 0.707. The predicted molar refractivity (Wildman–Crippen MR) is 64.8 cm³/mol. The van der Waals surface area contributed by atoms with Gasteiger partial charge in [-0.15, -0.1) is 0 Å². The average molecular weight is 297 g/mol. The first-order valence-corrected chi connectivity index (χ1v) is 15.4. The SMILES string of the molecule is [CH3][Sn]([CH3])([CH3])[c]1scc2ccccc12. The monoisotopic (exact) mass is 298 g/mol. The molecule has 2 rings (SSSR count). The van der Waals surface area contributed by atoms with Crippen molar-refractivity contribution in [2.45, 2.75) is 14.8 Å². The Morgan fingerprint density at radius 3 is 2.46 bits per heavy atom. The number of rotatable bonds is 1. The van der Waals surface area contributed by atoms with Crippen molar-refractivity contribution in [3.63, 3.8) is 0 Å². The molecule has 0 bridgehead atoms. The van der Waals surface area contributed by atoms with Crippen LogP contribution in [0.3, 0.4) is 0 Å². The molecule has 0 aliphatic heterocycles. The summed E-state index contributed by atoms with van der Waals surface area (Å²) in [6.07, 6.45) is 0. The second kappa shape index (κ2) is 3.28. The summed E-state index contributed by atoms with van der Waals surface area (Å²) in [5, 5.41) is 5.23. The molecule has 1 heterocycles. The predicted octanol–water partition coefficient (Wildman–Crippen LogP) is 3.45. The van der Waals surface area contributed by atoms with Gasteiger partial charge < -0.3 is 0 Å². The summed E-state index contributed by atoms with van der Waals surface area (Å²) in [7, 11) is 0. The van der Waals surface area contributed by atoms with E-state index in [1.807, 2.05) is 11.3 Å². The van der Waals surface area contributed by atoms with Gasteiger partial charge in [0.25, 0.3) is 0 Å². The molecular weight excluding hydrogens is 283 g/mol. The van der Waals surface area contributed by atoms with E-state index in [0.29, 0.717) is 0 Å². The summed E-state index contributed by atoms with van der Waals surface area (Å²) in [6.45, 7) is 0. The van der Waals surface area contributed by atoms with Crippen molar-refractivity contribution in [1.82, 2.24) is 0 Å². The Balaban J connectivity index is 2.72. The Hall–Kier alpha value is -0.0213. The molecule has 0 saturated carbocycles. The first-order valence-electron chi connectivity index (χ1n) is 4.56. The number of hydrogen-bond acceptors (Lipinski definition) is 1. The standard InChI is InChI=1S/C8H5S.3CH3.Sn/c1-2-4-8-6-9-5-7(8)3-1;;;;/h1-5H;3*1H3;. The summed E-state index contributed by atoms with van der Waals surface area (Å²) in [6, 6.07) is 8.75. The van der Waals surface area contributed by atoms with Gasteiger partial charge in [0.05, 0.1) is 0 Å². The van der Waals surface area contributed by atoms with E-state index in [1.165, 1.54) is 10.8 Å². The molecule has 0 nitrogen and oxygen atoms in total. The molecule has 2 aromatic rings. The van der Waals surface area contributed by atoms with E-state index in [-0.39, 0.29) is 0 Å². The second-order valence-electron chi connectivity index (χ2n) is 4.40. The van der Waals surface area contributed by atoms with Crippen LogP contribution in [-0.2, 0) is 0 Å². The number of hydrogen-bond donors (Lipinski definition) is 0. The molecule has 13 heavy (non-hydrogen) atoms. The van der Waals surface area contributed by atoms with Gasteiger partial charge in [0.1, 0.15) is 0 Å². The number of benzene rings is 1. The third-order valence-electron chi connectivity index (χ3n) is 2.19. The first-order chi connectivity index (χ1) is 6.09. The molecule has 2 heteroatoms. The third kappa shape index (κ3) is 1.77. The van der Waals surface area contributed by atoms with Crippen molar-refractivity contribution in [3.05, 3.63) is 29.6 Å². The fourth-order valence-electron chi connectivity index (χ4n) is 1.57. The molecule has 0 unspecified atom stereocenters. The van der Waals surface area contributed by atoms with Gasteiger partial charge in [0.15, 0.2) is 0 Å². The Bertz CT molecular complexity index is 423. The van der Waals surface area contributed by atoms with E-state index in [2.05, 4.69) is 44.5 Å². The molecule has 68 valence electrons. The summed E-state index contributed by atoms with van der Waals surface area (Å²) in [5.74, 6) is 0. The molecule has 0 spiro atoms. The Morgan fingerprint density at radius 2 is 1.77 bits per heavy atom. The van der Waals surface area contributed by atoms with Gasteiger partial charge in [0, 0.05) is 0 Å². The van der Waals surface area contributed by atoms with E-state index < -0.39 is 18.4 Å². The van der Waals surface area contributed by atoms with E-state index in [4.69, 9.17) is 0 Å². The molecule has 0 aliphatic carbocycles. The minimum atomic E-state index is -1.84. The van der Waals surface area contributed by atoms with Gasteiger partial charge in [0.2, 0.25) is 0 Å². The van der Waals surface area contributed by atoms with Crippen molar-refractivity contribution >= 4 is 43.4 Å². The van der Waals surface area contributed by atoms with Crippen LogP contribution >= 0.6 is 11.3 Å².